The van der Waals surface area contributed by atoms with Crippen LogP contribution in [0.5, 0.6) is 0 Å². The molecule has 0 aliphatic heterocycles. The van der Waals surface area contributed by atoms with Gasteiger partial charge in [0.25, 0.3) is 0 Å². The molecule has 0 unspecified atom stereocenters. The SMILES string of the molecule is CC1(NC(=O)NC(C)(C)C(C)(C)C(=O)O)CCC1. The zero-order valence-corrected chi connectivity index (χ0v) is 11.9. The molecule has 0 atom stereocenters. The minimum Gasteiger partial charge on any atom is -0.481 e. The molecule has 5 nitrogen and oxygen atoms in total. The molecule has 1 rings (SSSR count). The van der Waals surface area contributed by atoms with Gasteiger partial charge in [0.2, 0.25) is 0 Å². The molecule has 0 saturated heterocycles. The number of amides is 2. The molecule has 1 aliphatic carbocycles. The Bertz CT molecular complexity index is 357. The summed E-state index contributed by atoms with van der Waals surface area (Å²) in [6.45, 7) is 8.68. The van der Waals surface area contributed by atoms with E-state index in [1.54, 1.807) is 27.7 Å². The first-order chi connectivity index (χ1) is 8.00. The zero-order chi connectivity index (χ0) is 14.2. The van der Waals surface area contributed by atoms with Crippen molar-refractivity contribution in [3.63, 3.8) is 0 Å². The fourth-order valence-corrected chi connectivity index (χ4v) is 1.84. The Kier molecular flexibility index (Phi) is 3.65. The number of carboxylic acid groups (broad SMARTS) is 1. The fourth-order valence-electron chi connectivity index (χ4n) is 1.84. The van der Waals surface area contributed by atoms with Crippen molar-refractivity contribution in [1.29, 1.82) is 0 Å². The highest BCUT2D eigenvalue weighted by molar-refractivity contribution is 5.80. The van der Waals surface area contributed by atoms with E-state index in [0.717, 1.165) is 19.3 Å². The number of carbonyl (C=O) groups excluding carboxylic acids is 1. The summed E-state index contributed by atoms with van der Waals surface area (Å²) in [4.78, 5) is 23.2. The van der Waals surface area contributed by atoms with Crippen molar-refractivity contribution in [3.05, 3.63) is 0 Å². The van der Waals surface area contributed by atoms with E-state index in [0.29, 0.717) is 0 Å². The molecule has 1 fully saturated rings. The monoisotopic (exact) mass is 256 g/mol. The molecule has 0 heterocycles. The fraction of sp³-hybridized carbons (Fsp3) is 0.846. The van der Waals surface area contributed by atoms with Gasteiger partial charge in [0.05, 0.1) is 11.0 Å². The Balaban J connectivity index is 2.65. The van der Waals surface area contributed by atoms with Gasteiger partial charge >= 0.3 is 12.0 Å². The first-order valence-electron chi connectivity index (χ1n) is 6.34. The summed E-state index contributed by atoms with van der Waals surface area (Å²) in [5.41, 5.74) is -2.00. The maximum atomic E-state index is 11.9. The maximum Gasteiger partial charge on any atom is 0.315 e. The van der Waals surface area contributed by atoms with Crippen molar-refractivity contribution in [2.24, 2.45) is 5.41 Å². The van der Waals surface area contributed by atoms with Crippen molar-refractivity contribution in [3.8, 4) is 0 Å². The molecule has 104 valence electrons. The summed E-state index contributed by atoms with van der Waals surface area (Å²) in [6, 6.07) is -0.295. The number of hydrogen-bond acceptors (Lipinski definition) is 2. The number of carbonyl (C=O) groups is 2. The highest BCUT2D eigenvalue weighted by atomic mass is 16.4. The smallest absolute Gasteiger partial charge is 0.315 e. The van der Waals surface area contributed by atoms with Crippen molar-refractivity contribution in [2.75, 3.05) is 0 Å². The van der Waals surface area contributed by atoms with Gasteiger partial charge in [-0.3, -0.25) is 4.79 Å². The molecule has 5 heteroatoms. The van der Waals surface area contributed by atoms with E-state index in [9.17, 15) is 14.7 Å². The average Bonchev–Trinajstić information content (AvgIpc) is 2.13. The molecule has 3 N–H and O–H groups in total. The number of aliphatic carboxylic acids is 1. The summed E-state index contributed by atoms with van der Waals surface area (Å²) in [5, 5.41) is 14.9. The third-order valence-corrected chi connectivity index (χ3v) is 4.40. The van der Waals surface area contributed by atoms with E-state index in [1.165, 1.54) is 0 Å². The highest BCUT2D eigenvalue weighted by Gasteiger charge is 2.45. The van der Waals surface area contributed by atoms with Crippen LogP contribution >= 0.6 is 0 Å². The first-order valence-corrected chi connectivity index (χ1v) is 6.34. The van der Waals surface area contributed by atoms with Gasteiger partial charge in [0.1, 0.15) is 0 Å². The largest absolute Gasteiger partial charge is 0.481 e. The second-order valence-electron chi connectivity index (χ2n) is 6.55. The molecule has 1 saturated carbocycles. The predicted molar refractivity (Wildman–Crippen MR) is 69.4 cm³/mol. The summed E-state index contributed by atoms with van der Waals surface area (Å²) >= 11 is 0. The molecule has 1 aliphatic rings. The molecule has 0 aromatic rings. The number of carboxylic acids is 1. The molecule has 2 amide bonds. The Morgan fingerprint density at radius 2 is 1.67 bits per heavy atom. The van der Waals surface area contributed by atoms with Gasteiger partial charge in [-0.1, -0.05) is 0 Å². The summed E-state index contributed by atoms with van der Waals surface area (Å²) in [7, 11) is 0. The van der Waals surface area contributed by atoms with Crippen LogP contribution < -0.4 is 10.6 Å². The lowest BCUT2D eigenvalue weighted by atomic mass is 9.74. The van der Waals surface area contributed by atoms with E-state index in [2.05, 4.69) is 10.6 Å². The lowest BCUT2D eigenvalue weighted by molar-refractivity contribution is -0.150. The van der Waals surface area contributed by atoms with Gasteiger partial charge in [-0.2, -0.15) is 0 Å². The van der Waals surface area contributed by atoms with Crippen LogP contribution in [0, 0.1) is 5.41 Å². The Labute approximate surface area is 108 Å². The second kappa shape index (κ2) is 4.44. The summed E-state index contributed by atoms with van der Waals surface area (Å²) in [5.74, 6) is -0.928. The van der Waals surface area contributed by atoms with Crippen molar-refractivity contribution < 1.29 is 14.7 Å². The van der Waals surface area contributed by atoms with Crippen LogP contribution in [0.25, 0.3) is 0 Å². The van der Waals surface area contributed by atoms with Crippen molar-refractivity contribution in [2.45, 2.75) is 65.0 Å². The zero-order valence-electron chi connectivity index (χ0n) is 11.9. The molecule has 0 spiro atoms. The average molecular weight is 256 g/mol. The number of rotatable bonds is 4. The van der Waals surface area contributed by atoms with Crippen LogP contribution in [0.3, 0.4) is 0 Å². The van der Waals surface area contributed by atoms with Crippen LogP contribution in [0.15, 0.2) is 0 Å². The van der Waals surface area contributed by atoms with Crippen LogP contribution in [0.4, 0.5) is 4.79 Å². The molecule has 18 heavy (non-hydrogen) atoms. The van der Waals surface area contributed by atoms with E-state index < -0.39 is 16.9 Å². The normalized spacial score (nSPS) is 18.7. The van der Waals surface area contributed by atoms with Crippen LogP contribution in [0.1, 0.15) is 53.9 Å². The van der Waals surface area contributed by atoms with Gasteiger partial charge in [0.15, 0.2) is 0 Å². The number of nitrogens with one attached hydrogen (secondary N) is 2. The Hall–Kier alpha value is -1.26. The van der Waals surface area contributed by atoms with Crippen LogP contribution in [0.2, 0.25) is 0 Å². The van der Waals surface area contributed by atoms with E-state index in [1.807, 2.05) is 6.92 Å². The minimum absolute atomic E-state index is 0.131. The van der Waals surface area contributed by atoms with Gasteiger partial charge in [-0.05, 0) is 53.9 Å². The highest BCUT2D eigenvalue weighted by Crippen LogP contribution is 2.32. The van der Waals surface area contributed by atoms with Gasteiger partial charge in [-0.15, -0.1) is 0 Å². The Morgan fingerprint density at radius 1 is 1.17 bits per heavy atom. The number of hydrogen-bond donors (Lipinski definition) is 3. The summed E-state index contributed by atoms with van der Waals surface area (Å²) < 4.78 is 0. The van der Waals surface area contributed by atoms with Crippen molar-refractivity contribution >= 4 is 12.0 Å². The molecule has 0 radical (unpaired) electrons. The molecular formula is C13H24N2O3. The molecular weight excluding hydrogens is 232 g/mol. The standard InChI is InChI=1S/C13H24N2O3/c1-11(2,9(16)17)12(3,4)14-10(18)15-13(5)7-6-8-13/h6-8H2,1-5H3,(H,16,17)(H2,14,15,18). The lowest BCUT2D eigenvalue weighted by Gasteiger charge is -2.42. The third kappa shape index (κ3) is 2.76. The summed E-state index contributed by atoms with van der Waals surface area (Å²) in [6.07, 6.45) is 3.08. The first kappa shape index (κ1) is 14.8. The van der Waals surface area contributed by atoms with E-state index in [-0.39, 0.29) is 11.6 Å². The molecule has 0 aromatic heterocycles. The number of urea groups is 1. The third-order valence-electron chi connectivity index (χ3n) is 4.40. The topological polar surface area (TPSA) is 78.4 Å². The predicted octanol–water partition coefficient (Wildman–Crippen LogP) is 2.12. The Morgan fingerprint density at radius 3 is 2.00 bits per heavy atom. The van der Waals surface area contributed by atoms with Gasteiger partial charge < -0.3 is 15.7 Å². The molecule has 0 aromatic carbocycles. The van der Waals surface area contributed by atoms with E-state index in [4.69, 9.17) is 0 Å². The lowest BCUT2D eigenvalue weighted by Crippen LogP contribution is -2.62. The minimum atomic E-state index is -1.04. The maximum absolute atomic E-state index is 11.9. The van der Waals surface area contributed by atoms with Crippen LogP contribution in [-0.4, -0.2) is 28.2 Å². The molecule has 0 bridgehead atoms. The second-order valence-corrected chi connectivity index (χ2v) is 6.55. The van der Waals surface area contributed by atoms with Gasteiger partial charge in [-0.25, -0.2) is 4.79 Å². The van der Waals surface area contributed by atoms with Gasteiger partial charge in [0, 0.05) is 5.54 Å². The van der Waals surface area contributed by atoms with E-state index >= 15 is 0 Å². The quantitative estimate of drug-likeness (QED) is 0.721. The van der Waals surface area contributed by atoms with Crippen LogP contribution in [-0.2, 0) is 4.79 Å². The van der Waals surface area contributed by atoms with Crippen molar-refractivity contribution in [1.82, 2.24) is 10.6 Å².